The highest BCUT2D eigenvalue weighted by molar-refractivity contribution is 7.71. The summed E-state index contributed by atoms with van der Waals surface area (Å²) in [6.45, 7) is 2.19. The molecule has 1 atom stereocenters. The van der Waals surface area contributed by atoms with Crippen molar-refractivity contribution >= 4 is 18.2 Å². The number of esters is 1. The second-order valence-corrected chi connectivity index (χ2v) is 7.82. The van der Waals surface area contributed by atoms with E-state index in [9.17, 15) is 14.7 Å². The van der Waals surface area contributed by atoms with Gasteiger partial charge in [-0.2, -0.15) is 0 Å². The van der Waals surface area contributed by atoms with Gasteiger partial charge in [0.25, 0.3) is 5.56 Å². The number of allylic oxidation sites excluding steroid dienone is 1. The normalized spacial score (nSPS) is 12.4. The fraction of sp³-hybridized carbons (Fsp3) is 0.682. The van der Waals surface area contributed by atoms with E-state index in [1.165, 1.54) is 26.4 Å². The van der Waals surface area contributed by atoms with Crippen LogP contribution in [0.25, 0.3) is 0 Å². The zero-order valence-electron chi connectivity index (χ0n) is 17.8. The number of unbranched alkanes of at least 4 members (excludes halogenated alkanes) is 7. The summed E-state index contributed by atoms with van der Waals surface area (Å²) < 4.78 is 4.85. The van der Waals surface area contributed by atoms with Gasteiger partial charge in [-0.15, -0.1) is 0 Å². The van der Waals surface area contributed by atoms with Crippen LogP contribution in [0.4, 0.5) is 0 Å². The van der Waals surface area contributed by atoms with Crippen LogP contribution >= 0.6 is 12.2 Å². The molecule has 1 aromatic heterocycles. The number of nitrogens with one attached hydrogen (secondary N) is 2. The van der Waals surface area contributed by atoms with Gasteiger partial charge >= 0.3 is 5.97 Å². The Morgan fingerprint density at radius 2 is 1.83 bits per heavy atom. The monoisotopic (exact) mass is 424 g/mol. The van der Waals surface area contributed by atoms with Gasteiger partial charge in [-0.25, -0.2) is 4.79 Å². The number of aliphatic hydroxyl groups excluding tert-OH is 1. The van der Waals surface area contributed by atoms with Crippen LogP contribution in [-0.4, -0.2) is 34.3 Å². The van der Waals surface area contributed by atoms with E-state index in [1.807, 2.05) is 0 Å². The maximum absolute atomic E-state index is 12.1. The highest BCUT2D eigenvalue weighted by Crippen LogP contribution is 2.11. The van der Waals surface area contributed by atoms with Crippen LogP contribution in [0.2, 0.25) is 0 Å². The number of hydrogen-bond acceptors (Lipinski definition) is 5. The maximum Gasteiger partial charge on any atom is 0.355 e. The molecule has 3 N–H and O–H groups in total. The lowest BCUT2D eigenvalue weighted by Gasteiger charge is -2.07. The molecule has 7 heteroatoms. The van der Waals surface area contributed by atoms with Crippen LogP contribution in [-0.2, 0) is 11.2 Å². The first-order chi connectivity index (χ1) is 14.0. The van der Waals surface area contributed by atoms with Crippen molar-refractivity contribution in [1.82, 2.24) is 9.97 Å². The topological polar surface area (TPSA) is 95.2 Å². The van der Waals surface area contributed by atoms with Crippen LogP contribution in [0, 0.1) is 4.77 Å². The number of carbonyl (C=O) groups is 1. The lowest BCUT2D eigenvalue weighted by molar-refractivity contribution is 0.0592. The molecule has 0 spiro atoms. The molecular weight excluding hydrogens is 388 g/mol. The number of aliphatic hydroxyl groups is 1. The van der Waals surface area contributed by atoms with Crippen molar-refractivity contribution in [3.05, 3.63) is 38.5 Å². The van der Waals surface area contributed by atoms with Crippen molar-refractivity contribution < 1.29 is 14.6 Å². The number of aromatic amines is 2. The second kappa shape index (κ2) is 15.2. The van der Waals surface area contributed by atoms with Gasteiger partial charge in [-0.3, -0.25) is 9.78 Å². The minimum atomic E-state index is -0.574. The van der Waals surface area contributed by atoms with E-state index in [0.717, 1.165) is 51.4 Å². The number of ether oxygens (including phenoxy) is 1. The lowest BCUT2D eigenvalue weighted by Crippen LogP contribution is -2.21. The number of methoxy groups -OCH3 is 1. The molecule has 0 fully saturated rings. The largest absolute Gasteiger partial charge is 0.464 e. The van der Waals surface area contributed by atoms with Crippen LogP contribution in [0.15, 0.2) is 16.9 Å². The first-order valence-corrected chi connectivity index (χ1v) is 11.2. The zero-order valence-corrected chi connectivity index (χ0v) is 18.6. The smallest absolute Gasteiger partial charge is 0.355 e. The fourth-order valence-electron chi connectivity index (χ4n) is 3.24. The van der Waals surface area contributed by atoms with Gasteiger partial charge in [0.15, 0.2) is 4.77 Å². The Morgan fingerprint density at radius 1 is 1.10 bits per heavy atom. The SMILES string of the molecule is CCCCCC[C@@H](O)C/C=C/CCCCCCc1c(C(=O)OC)[nH]c(=S)[nH]c1=O. The van der Waals surface area contributed by atoms with Crippen LogP contribution in [0.1, 0.15) is 93.6 Å². The number of aromatic nitrogens is 2. The highest BCUT2D eigenvalue weighted by Gasteiger charge is 2.15. The summed E-state index contributed by atoms with van der Waals surface area (Å²) in [7, 11) is 1.28. The quantitative estimate of drug-likeness (QED) is 0.160. The Balaban J connectivity index is 2.23. The zero-order chi connectivity index (χ0) is 21.5. The van der Waals surface area contributed by atoms with E-state index in [2.05, 4.69) is 29.0 Å². The van der Waals surface area contributed by atoms with Crippen molar-refractivity contribution in [3.8, 4) is 0 Å². The van der Waals surface area contributed by atoms with E-state index in [1.54, 1.807) is 0 Å². The molecule has 1 rings (SSSR count). The van der Waals surface area contributed by atoms with Gasteiger partial charge in [-0.05, 0) is 50.7 Å². The summed E-state index contributed by atoms with van der Waals surface area (Å²) in [5, 5.41) is 9.93. The molecule has 0 aromatic carbocycles. The number of carbonyl (C=O) groups excluding carboxylic acids is 1. The van der Waals surface area contributed by atoms with Crippen molar-refractivity contribution in [1.29, 1.82) is 0 Å². The maximum atomic E-state index is 12.1. The minimum absolute atomic E-state index is 0.122. The lowest BCUT2D eigenvalue weighted by atomic mass is 10.0. The van der Waals surface area contributed by atoms with E-state index < -0.39 is 5.97 Å². The van der Waals surface area contributed by atoms with Crippen molar-refractivity contribution in [2.75, 3.05) is 7.11 Å². The molecule has 0 amide bonds. The molecule has 0 aliphatic carbocycles. The summed E-state index contributed by atoms with van der Waals surface area (Å²) in [4.78, 5) is 29.2. The summed E-state index contributed by atoms with van der Waals surface area (Å²) in [5.74, 6) is -0.574. The van der Waals surface area contributed by atoms with Crippen LogP contribution < -0.4 is 5.56 Å². The van der Waals surface area contributed by atoms with Gasteiger partial charge < -0.3 is 14.8 Å². The Bertz CT molecular complexity index is 739. The molecule has 0 unspecified atom stereocenters. The minimum Gasteiger partial charge on any atom is -0.464 e. The predicted molar refractivity (Wildman–Crippen MR) is 119 cm³/mol. The fourth-order valence-corrected chi connectivity index (χ4v) is 3.44. The van der Waals surface area contributed by atoms with Crippen molar-refractivity contribution in [2.24, 2.45) is 0 Å². The summed E-state index contributed by atoms with van der Waals surface area (Å²) in [5.41, 5.74) is 0.223. The number of H-pyrrole nitrogens is 2. The van der Waals surface area contributed by atoms with Crippen LogP contribution in [0.3, 0.4) is 0 Å². The molecule has 1 heterocycles. The molecule has 0 radical (unpaired) electrons. The molecular formula is C22H36N2O4S. The highest BCUT2D eigenvalue weighted by atomic mass is 32.1. The third-order valence-electron chi connectivity index (χ3n) is 4.94. The van der Waals surface area contributed by atoms with E-state index in [0.29, 0.717) is 12.0 Å². The predicted octanol–water partition coefficient (Wildman–Crippen LogP) is 4.99. The Kier molecular flexibility index (Phi) is 13.2. The second-order valence-electron chi connectivity index (χ2n) is 7.42. The summed E-state index contributed by atoms with van der Waals surface area (Å²) in [6, 6.07) is 0. The summed E-state index contributed by atoms with van der Waals surface area (Å²) >= 11 is 4.92. The molecule has 0 saturated carbocycles. The Hall–Kier alpha value is -1.73. The third-order valence-corrected chi connectivity index (χ3v) is 5.15. The number of rotatable bonds is 15. The Labute approximate surface area is 178 Å². The third kappa shape index (κ3) is 10.6. The molecule has 164 valence electrons. The van der Waals surface area contributed by atoms with E-state index >= 15 is 0 Å². The average Bonchev–Trinajstić information content (AvgIpc) is 2.70. The molecule has 0 aliphatic heterocycles. The molecule has 1 aromatic rings. The van der Waals surface area contributed by atoms with Gasteiger partial charge in [0.05, 0.1) is 13.2 Å². The standard InChI is InChI=1S/C22H36N2O4S/c1-3-4-5-11-14-17(25)15-12-9-7-6-8-10-13-16-18-19(21(27)28-2)23-22(29)24-20(18)26/h9,12,17,25H,3-8,10-11,13-16H2,1-2H3,(H2,23,24,26,29)/b12-9+/t17-/m1/s1. The average molecular weight is 425 g/mol. The molecule has 0 bridgehead atoms. The van der Waals surface area contributed by atoms with E-state index in [4.69, 9.17) is 17.0 Å². The molecule has 0 aliphatic rings. The summed E-state index contributed by atoms with van der Waals surface area (Å²) in [6.07, 6.45) is 15.8. The molecule has 29 heavy (non-hydrogen) atoms. The van der Waals surface area contributed by atoms with Gasteiger partial charge in [0, 0.05) is 5.56 Å². The Morgan fingerprint density at radius 3 is 2.55 bits per heavy atom. The molecule has 6 nitrogen and oxygen atoms in total. The molecule has 0 saturated heterocycles. The first kappa shape index (κ1) is 25.3. The van der Waals surface area contributed by atoms with Gasteiger partial charge in [0.2, 0.25) is 0 Å². The van der Waals surface area contributed by atoms with Crippen molar-refractivity contribution in [3.63, 3.8) is 0 Å². The van der Waals surface area contributed by atoms with E-state index in [-0.39, 0.29) is 22.1 Å². The first-order valence-electron chi connectivity index (χ1n) is 10.8. The van der Waals surface area contributed by atoms with Gasteiger partial charge in [0.1, 0.15) is 5.69 Å². The van der Waals surface area contributed by atoms with Crippen molar-refractivity contribution in [2.45, 2.75) is 90.1 Å². The van der Waals surface area contributed by atoms with Gasteiger partial charge in [-0.1, -0.05) is 57.6 Å². The van der Waals surface area contributed by atoms with Crippen LogP contribution in [0.5, 0.6) is 0 Å². The number of hydrogen-bond donors (Lipinski definition) is 3.